The van der Waals surface area contributed by atoms with Crippen LogP contribution in [-0.4, -0.2) is 27.4 Å². The fourth-order valence-electron chi connectivity index (χ4n) is 1.85. The molecule has 1 heterocycles. The Bertz CT molecular complexity index is 559. The monoisotopic (exact) mass is 258 g/mol. The van der Waals surface area contributed by atoms with Gasteiger partial charge in [0.1, 0.15) is 5.69 Å². The molecular formula is C14H18N4O. The second-order valence-corrected chi connectivity index (χ2v) is 4.61. The van der Waals surface area contributed by atoms with Crippen LogP contribution < -0.4 is 5.73 Å². The van der Waals surface area contributed by atoms with Crippen LogP contribution in [0.1, 0.15) is 21.6 Å². The first-order valence-electron chi connectivity index (χ1n) is 6.11. The lowest BCUT2D eigenvalue weighted by atomic mass is 10.1. The summed E-state index contributed by atoms with van der Waals surface area (Å²) in [6.45, 7) is 1.09. The molecule has 2 N–H and O–H groups in total. The molecule has 0 aliphatic rings. The lowest BCUT2D eigenvalue weighted by molar-refractivity contribution is 0.0779. The zero-order valence-electron chi connectivity index (χ0n) is 11.2. The van der Waals surface area contributed by atoms with Crippen molar-refractivity contribution in [2.75, 3.05) is 7.05 Å². The third-order valence-corrected chi connectivity index (χ3v) is 2.95. The minimum Gasteiger partial charge on any atom is -0.340 e. The highest BCUT2D eigenvalue weighted by Crippen LogP contribution is 2.08. The van der Waals surface area contributed by atoms with Gasteiger partial charge < -0.3 is 15.2 Å². The van der Waals surface area contributed by atoms with Crippen LogP contribution in [0.15, 0.2) is 36.8 Å². The Kier molecular flexibility index (Phi) is 3.97. The quantitative estimate of drug-likeness (QED) is 0.894. The molecule has 1 aromatic carbocycles. The molecule has 2 aromatic rings. The van der Waals surface area contributed by atoms with Gasteiger partial charge in [0.15, 0.2) is 0 Å². The molecule has 0 unspecified atom stereocenters. The Balaban J connectivity index is 2.03. The van der Waals surface area contributed by atoms with E-state index in [2.05, 4.69) is 4.98 Å². The van der Waals surface area contributed by atoms with Gasteiger partial charge in [0.05, 0.1) is 6.33 Å². The number of hydrogen-bond donors (Lipinski definition) is 1. The first-order chi connectivity index (χ1) is 9.10. The molecule has 19 heavy (non-hydrogen) atoms. The SMILES string of the molecule is CN(Cc1ccc(CN)cc1)C(=O)c1cn(C)cn1. The summed E-state index contributed by atoms with van der Waals surface area (Å²) < 4.78 is 1.76. The molecule has 5 nitrogen and oxygen atoms in total. The van der Waals surface area contributed by atoms with Gasteiger partial charge >= 0.3 is 0 Å². The second kappa shape index (κ2) is 5.67. The second-order valence-electron chi connectivity index (χ2n) is 4.61. The van der Waals surface area contributed by atoms with Crippen molar-refractivity contribution >= 4 is 5.91 Å². The van der Waals surface area contributed by atoms with Crippen molar-refractivity contribution in [1.82, 2.24) is 14.5 Å². The van der Waals surface area contributed by atoms with Gasteiger partial charge in [0.25, 0.3) is 5.91 Å². The van der Waals surface area contributed by atoms with Crippen molar-refractivity contribution in [3.63, 3.8) is 0 Å². The number of amides is 1. The minimum atomic E-state index is -0.0801. The number of aryl methyl sites for hydroxylation is 1. The molecule has 0 bridgehead atoms. The molecular weight excluding hydrogens is 240 g/mol. The van der Waals surface area contributed by atoms with Crippen molar-refractivity contribution in [3.05, 3.63) is 53.6 Å². The number of carbonyl (C=O) groups is 1. The van der Waals surface area contributed by atoms with E-state index < -0.39 is 0 Å². The van der Waals surface area contributed by atoms with Crippen LogP contribution in [0.4, 0.5) is 0 Å². The molecule has 1 aromatic heterocycles. The van der Waals surface area contributed by atoms with E-state index in [0.717, 1.165) is 11.1 Å². The number of aromatic nitrogens is 2. The van der Waals surface area contributed by atoms with Crippen LogP contribution in [0, 0.1) is 0 Å². The summed E-state index contributed by atoms with van der Waals surface area (Å²) in [6.07, 6.45) is 3.34. The van der Waals surface area contributed by atoms with Gasteiger partial charge in [-0.3, -0.25) is 4.79 Å². The van der Waals surface area contributed by atoms with E-state index in [-0.39, 0.29) is 5.91 Å². The van der Waals surface area contributed by atoms with Crippen molar-refractivity contribution in [3.8, 4) is 0 Å². The third kappa shape index (κ3) is 3.20. The Labute approximate surface area is 112 Å². The van der Waals surface area contributed by atoms with Crippen LogP contribution in [0.25, 0.3) is 0 Å². The fourth-order valence-corrected chi connectivity index (χ4v) is 1.85. The van der Waals surface area contributed by atoms with Crippen molar-refractivity contribution in [2.24, 2.45) is 12.8 Å². The summed E-state index contributed by atoms with van der Waals surface area (Å²) in [5, 5.41) is 0. The van der Waals surface area contributed by atoms with Crippen LogP contribution in [0.5, 0.6) is 0 Å². The molecule has 100 valence electrons. The molecule has 1 amide bonds. The van der Waals surface area contributed by atoms with Crippen LogP contribution in [0.2, 0.25) is 0 Å². The molecule has 5 heteroatoms. The normalized spacial score (nSPS) is 10.5. The Hall–Kier alpha value is -2.14. The molecule has 0 fully saturated rings. The number of hydrogen-bond acceptors (Lipinski definition) is 3. The van der Waals surface area contributed by atoms with E-state index in [0.29, 0.717) is 18.8 Å². The zero-order chi connectivity index (χ0) is 13.8. The molecule has 0 radical (unpaired) electrons. The highest BCUT2D eigenvalue weighted by atomic mass is 16.2. The number of imidazole rings is 1. The maximum Gasteiger partial charge on any atom is 0.274 e. The number of rotatable bonds is 4. The number of nitrogens with zero attached hydrogens (tertiary/aromatic N) is 3. The van der Waals surface area contributed by atoms with Gasteiger partial charge in [-0.15, -0.1) is 0 Å². The highest BCUT2D eigenvalue weighted by molar-refractivity contribution is 5.91. The summed E-state index contributed by atoms with van der Waals surface area (Å²) in [5.74, 6) is -0.0801. The molecule has 0 aliphatic carbocycles. The first-order valence-corrected chi connectivity index (χ1v) is 6.11. The summed E-state index contributed by atoms with van der Waals surface area (Å²) >= 11 is 0. The van der Waals surface area contributed by atoms with E-state index in [1.807, 2.05) is 31.3 Å². The van der Waals surface area contributed by atoms with Crippen LogP contribution >= 0.6 is 0 Å². The predicted octanol–water partition coefficient (Wildman–Crippen LogP) is 1.15. The molecule has 0 saturated heterocycles. The first kappa shape index (κ1) is 13.3. The average molecular weight is 258 g/mol. The van der Waals surface area contributed by atoms with E-state index >= 15 is 0 Å². The Morgan fingerprint density at radius 3 is 2.47 bits per heavy atom. The topological polar surface area (TPSA) is 64.2 Å². The van der Waals surface area contributed by atoms with E-state index in [9.17, 15) is 4.79 Å². The molecule has 2 rings (SSSR count). The Morgan fingerprint density at radius 1 is 1.32 bits per heavy atom. The minimum absolute atomic E-state index is 0.0801. The van der Waals surface area contributed by atoms with Gasteiger partial charge in [-0.1, -0.05) is 24.3 Å². The molecule has 0 atom stereocenters. The third-order valence-electron chi connectivity index (χ3n) is 2.95. The van der Waals surface area contributed by atoms with E-state index in [4.69, 9.17) is 5.73 Å². The largest absolute Gasteiger partial charge is 0.340 e. The summed E-state index contributed by atoms with van der Waals surface area (Å²) in [6, 6.07) is 7.94. The Morgan fingerprint density at radius 2 is 1.95 bits per heavy atom. The summed E-state index contributed by atoms with van der Waals surface area (Å²) in [5.41, 5.74) is 8.17. The lowest BCUT2D eigenvalue weighted by Gasteiger charge is -2.16. The van der Waals surface area contributed by atoms with Gasteiger partial charge in [-0.2, -0.15) is 0 Å². The van der Waals surface area contributed by atoms with Crippen molar-refractivity contribution in [2.45, 2.75) is 13.1 Å². The van der Waals surface area contributed by atoms with Gasteiger partial charge in [-0.05, 0) is 11.1 Å². The molecule has 0 spiro atoms. The summed E-state index contributed by atoms with van der Waals surface area (Å²) in [7, 11) is 3.61. The molecule has 0 saturated carbocycles. The number of carbonyl (C=O) groups excluding carboxylic acids is 1. The van der Waals surface area contributed by atoms with Gasteiger partial charge in [0, 0.05) is 33.4 Å². The van der Waals surface area contributed by atoms with Crippen LogP contribution in [0.3, 0.4) is 0 Å². The van der Waals surface area contributed by atoms with E-state index in [1.54, 1.807) is 29.0 Å². The van der Waals surface area contributed by atoms with E-state index in [1.165, 1.54) is 0 Å². The zero-order valence-corrected chi connectivity index (χ0v) is 11.2. The maximum atomic E-state index is 12.1. The van der Waals surface area contributed by atoms with Gasteiger partial charge in [0.2, 0.25) is 0 Å². The smallest absolute Gasteiger partial charge is 0.274 e. The maximum absolute atomic E-state index is 12.1. The number of benzene rings is 1. The van der Waals surface area contributed by atoms with Crippen LogP contribution in [-0.2, 0) is 20.1 Å². The number of nitrogens with two attached hydrogens (primary N) is 1. The fraction of sp³-hybridized carbons (Fsp3) is 0.286. The highest BCUT2D eigenvalue weighted by Gasteiger charge is 2.14. The average Bonchev–Trinajstić information content (AvgIpc) is 2.85. The van der Waals surface area contributed by atoms with Crippen molar-refractivity contribution < 1.29 is 4.79 Å². The lowest BCUT2D eigenvalue weighted by Crippen LogP contribution is -2.26. The molecule has 0 aliphatic heterocycles. The standard InChI is InChI=1S/C14H18N4O/c1-17-9-13(16-10-17)14(19)18(2)8-12-5-3-11(7-15)4-6-12/h3-6,9-10H,7-8,15H2,1-2H3. The summed E-state index contributed by atoms with van der Waals surface area (Å²) in [4.78, 5) is 17.8. The predicted molar refractivity (Wildman–Crippen MR) is 73.3 cm³/mol. The van der Waals surface area contributed by atoms with Crippen molar-refractivity contribution in [1.29, 1.82) is 0 Å². The van der Waals surface area contributed by atoms with Gasteiger partial charge in [-0.25, -0.2) is 4.98 Å².